The summed E-state index contributed by atoms with van der Waals surface area (Å²) in [4.78, 5) is 26.8. The zero-order valence-corrected chi connectivity index (χ0v) is 18.4. The lowest BCUT2D eigenvalue weighted by atomic mass is 10.1. The van der Waals surface area contributed by atoms with Gasteiger partial charge in [0.25, 0.3) is 5.91 Å². The maximum Gasteiger partial charge on any atom is 0.253 e. The van der Waals surface area contributed by atoms with Crippen molar-refractivity contribution in [3.63, 3.8) is 0 Å². The number of benzene rings is 3. The third-order valence-electron chi connectivity index (χ3n) is 4.82. The molecule has 1 N–H and O–H groups in total. The maximum absolute atomic E-state index is 12.8. The van der Waals surface area contributed by atoms with Crippen LogP contribution in [0.4, 0.5) is 5.69 Å². The third-order valence-corrected chi connectivity index (χ3v) is 4.82. The molecule has 0 aliphatic rings. The number of hydrogen-bond acceptors (Lipinski definition) is 4. The van der Waals surface area contributed by atoms with Gasteiger partial charge in [0, 0.05) is 30.9 Å². The van der Waals surface area contributed by atoms with Gasteiger partial charge in [-0.2, -0.15) is 0 Å². The fraction of sp³-hybridized carbons (Fsp3) is 0.154. The predicted molar refractivity (Wildman–Crippen MR) is 126 cm³/mol. The number of hydrogen-bond donors (Lipinski definition) is 1. The van der Waals surface area contributed by atoms with Crippen molar-refractivity contribution in [2.24, 2.45) is 0 Å². The molecule has 32 heavy (non-hydrogen) atoms. The summed E-state index contributed by atoms with van der Waals surface area (Å²) in [6.45, 7) is 0.504. The Hall–Kier alpha value is -4.06. The number of carbonyl (C=O) groups excluding carboxylic acids is 2. The van der Waals surface area contributed by atoms with Gasteiger partial charge in [0.15, 0.2) is 11.5 Å². The molecule has 3 aromatic carbocycles. The van der Waals surface area contributed by atoms with Crippen molar-refractivity contribution in [1.82, 2.24) is 4.90 Å². The van der Waals surface area contributed by atoms with Crippen LogP contribution < -0.4 is 14.8 Å². The average molecular weight is 431 g/mol. The van der Waals surface area contributed by atoms with Crippen LogP contribution in [-0.4, -0.2) is 38.0 Å². The molecular formula is C26H26N2O4. The van der Waals surface area contributed by atoms with Gasteiger partial charge in [0.2, 0.25) is 5.91 Å². The van der Waals surface area contributed by atoms with E-state index < -0.39 is 0 Å². The maximum atomic E-state index is 12.8. The van der Waals surface area contributed by atoms with E-state index in [0.717, 1.165) is 11.1 Å². The zero-order chi connectivity index (χ0) is 22.9. The van der Waals surface area contributed by atoms with Gasteiger partial charge in [0.05, 0.1) is 14.2 Å². The smallest absolute Gasteiger partial charge is 0.253 e. The van der Waals surface area contributed by atoms with E-state index in [2.05, 4.69) is 5.32 Å². The minimum atomic E-state index is -0.304. The Balaban J connectivity index is 1.64. The van der Waals surface area contributed by atoms with Crippen LogP contribution in [0.25, 0.3) is 6.08 Å². The van der Waals surface area contributed by atoms with Crippen molar-refractivity contribution < 1.29 is 19.1 Å². The molecule has 0 spiro atoms. The van der Waals surface area contributed by atoms with Gasteiger partial charge in [-0.3, -0.25) is 9.59 Å². The molecule has 0 saturated heterocycles. The van der Waals surface area contributed by atoms with Crippen molar-refractivity contribution in [2.75, 3.05) is 26.6 Å². The average Bonchev–Trinajstić information content (AvgIpc) is 2.82. The lowest BCUT2D eigenvalue weighted by Gasteiger charge is -2.17. The van der Waals surface area contributed by atoms with Crippen LogP contribution in [0.2, 0.25) is 0 Å². The monoisotopic (exact) mass is 430 g/mol. The molecule has 6 heteroatoms. The second-order valence-corrected chi connectivity index (χ2v) is 7.16. The molecule has 3 aromatic rings. The topological polar surface area (TPSA) is 67.9 Å². The van der Waals surface area contributed by atoms with Gasteiger partial charge in [-0.05, 0) is 47.5 Å². The molecule has 0 radical (unpaired) electrons. The number of anilines is 1. The van der Waals surface area contributed by atoms with Gasteiger partial charge in [-0.1, -0.05) is 42.5 Å². The first-order valence-corrected chi connectivity index (χ1v) is 10.1. The molecule has 0 heterocycles. The minimum absolute atomic E-state index is 0.120. The van der Waals surface area contributed by atoms with Crippen molar-refractivity contribution in [3.8, 4) is 11.5 Å². The molecule has 0 aliphatic heterocycles. The summed E-state index contributed by atoms with van der Waals surface area (Å²) in [6, 6.07) is 22.1. The van der Waals surface area contributed by atoms with Crippen LogP contribution in [0.5, 0.6) is 11.5 Å². The van der Waals surface area contributed by atoms with E-state index in [1.54, 1.807) is 68.6 Å². The molecular weight excluding hydrogens is 404 g/mol. The summed E-state index contributed by atoms with van der Waals surface area (Å²) in [6.07, 6.45) is 3.11. The Morgan fingerprint density at radius 3 is 2.38 bits per heavy atom. The highest BCUT2D eigenvalue weighted by atomic mass is 16.5. The van der Waals surface area contributed by atoms with Crippen LogP contribution in [0.15, 0.2) is 78.9 Å². The lowest BCUT2D eigenvalue weighted by Crippen LogP contribution is -2.26. The number of methoxy groups -OCH3 is 2. The Morgan fingerprint density at radius 1 is 0.906 bits per heavy atom. The molecule has 0 aliphatic carbocycles. The Morgan fingerprint density at radius 2 is 1.66 bits per heavy atom. The van der Waals surface area contributed by atoms with E-state index >= 15 is 0 Å². The van der Waals surface area contributed by atoms with E-state index in [1.807, 2.05) is 36.4 Å². The third kappa shape index (κ3) is 5.98. The Bertz CT molecular complexity index is 1110. The fourth-order valence-corrected chi connectivity index (χ4v) is 3.19. The van der Waals surface area contributed by atoms with Crippen LogP contribution in [-0.2, 0) is 11.3 Å². The molecule has 0 aromatic heterocycles. The van der Waals surface area contributed by atoms with Crippen molar-refractivity contribution in [2.45, 2.75) is 6.54 Å². The van der Waals surface area contributed by atoms with Crippen LogP contribution in [0.3, 0.4) is 0 Å². The van der Waals surface area contributed by atoms with Crippen molar-refractivity contribution in [3.05, 3.63) is 95.6 Å². The first-order chi connectivity index (χ1) is 15.5. The number of amides is 2. The first-order valence-electron chi connectivity index (χ1n) is 10.1. The Labute approximate surface area is 188 Å². The van der Waals surface area contributed by atoms with Gasteiger partial charge >= 0.3 is 0 Å². The molecule has 0 bridgehead atoms. The van der Waals surface area contributed by atoms with Crippen molar-refractivity contribution in [1.29, 1.82) is 0 Å². The van der Waals surface area contributed by atoms with Gasteiger partial charge in [0.1, 0.15) is 0 Å². The largest absolute Gasteiger partial charge is 0.493 e. The number of ether oxygens (including phenoxy) is 2. The molecule has 3 rings (SSSR count). The molecule has 6 nitrogen and oxygen atoms in total. The summed E-state index contributed by atoms with van der Waals surface area (Å²) < 4.78 is 10.5. The summed E-state index contributed by atoms with van der Waals surface area (Å²) in [7, 11) is 4.88. The van der Waals surface area contributed by atoms with Gasteiger partial charge < -0.3 is 19.7 Å². The van der Waals surface area contributed by atoms with E-state index in [1.165, 1.54) is 6.08 Å². The lowest BCUT2D eigenvalue weighted by molar-refractivity contribution is -0.111. The summed E-state index contributed by atoms with van der Waals surface area (Å²) >= 11 is 0. The van der Waals surface area contributed by atoms with Gasteiger partial charge in [-0.15, -0.1) is 0 Å². The van der Waals surface area contributed by atoms with E-state index in [-0.39, 0.29) is 11.8 Å². The highest BCUT2D eigenvalue weighted by Gasteiger charge is 2.13. The minimum Gasteiger partial charge on any atom is -0.493 e. The second-order valence-electron chi connectivity index (χ2n) is 7.16. The van der Waals surface area contributed by atoms with Crippen LogP contribution in [0.1, 0.15) is 21.5 Å². The summed E-state index contributed by atoms with van der Waals surface area (Å²) in [5, 5.41) is 2.79. The highest BCUT2D eigenvalue weighted by molar-refractivity contribution is 6.03. The molecule has 164 valence electrons. The SMILES string of the molecule is COc1ccc(/C=C/C(=O)Nc2cccc(C(=O)N(C)Cc3ccccc3)c2)cc1OC. The number of carbonyl (C=O) groups is 2. The zero-order valence-electron chi connectivity index (χ0n) is 18.4. The van der Waals surface area contributed by atoms with E-state index in [4.69, 9.17) is 9.47 Å². The van der Waals surface area contributed by atoms with Crippen LogP contribution in [0, 0.1) is 0 Å². The van der Waals surface area contributed by atoms with Gasteiger partial charge in [-0.25, -0.2) is 0 Å². The number of rotatable bonds is 8. The second kappa shape index (κ2) is 10.8. The number of nitrogens with zero attached hydrogens (tertiary/aromatic N) is 1. The molecule has 2 amide bonds. The van der Waals surface area contributed by atoms with Crippen molar-refractivity contribution >= 4 is 23.6 Å². The summed E-state index contributed by atoms with van der Waals surface area (Å²) in [5.41, 5.74) is 2.90. The quantitative estimate of drug-likeness (QED) is 0.529. The fourth-order valence-electron chi connectivity index (χ4n) is 3.19. The molecule has 0 saturated carbocycles. The van der Waals surface area contributed by atoms with E-state index in [0.29, 0.717) is 29.3 Å². The molecule has 0 unspecified atom stereocenters. The molecule has 0 atom stereocenters. The number of nitrogens with one attached hydrogen (secondary N) is 1. The molecule has 0 fully saturated rings. The predicted octanol–water partition coefficient (Wildman–Crippen LogP) is 4.63. The van der Waals surface area contributed by atoms with Crippen LogP contribution >= 0.6 is 0 Å². The first kappa shape index (κ1) is 22.6. The Kier molecular flexibility index (Phi) is 7.65. The standard InChI is InChI=1S/C26H26N2O4/c1-28(18-20-8-5-4-6-9-20)26(30)21-10-7-11-22(17-21)27-25(29)15-13-19-12-14-23(31-2)24(16-19)32-3/h4-17H,18H2,1-3H3,(H,27,29)/b15-13+. The normalized spacial score (nSPS) is 10.6. The summed E-state index contributed by atoms with van der Waals surface area (Å²) in [5.74, 6) is 0.779. The van der Waals surface area contributed by atoms with E-state index in [9.17, 15) is 9.59 Å². The highest BCUT2D eigenvalue weighted by Crippen LogP contribution is 2.28.